The quantitative estimate of drug-likeness (QED) is 0.283. The van der Waals surface area contributed by atoms with Crippen molar-refractivity contribution in [1.29, 1.82) is 0 Å². The van der Waals surface area contributed by atoms with Gasteiger partial charge in [0.1, 0.15) is 11.6 Å². The Kier molecular flexibility index (Phi) is 7.14. The van der Waals surface area contributed by atoms with E-state index in [4.69, 9.17) is 9.72 Å². The summed E-state index contributed by atoms with van der Waals surface area (Å²) in [6.45, 7) is 7.50. The van der Waals surface area contributed by atoms with E-state index < -0.39 is 0 Å². The van der Waals surface area contributed by atoms with Gasteiger partial charge in [0.05, 0.1) is 23.7 Å². The van der Waals surface area contributed by atoms with Gasteiger partial charge in [-0.25, -0.2) is 4.98 Å². The number of halogens is 1. The van der Waals surface area contributed by atoms with E-state index >= 15 is 0 Å². The van der Waals surface area contributed by atoms with Crippen molar-refractivity contribution in [3.05, 3.63) is 93.7 Å². The van der Waals surface area contributed by atoms with Crippen LogP contribution in [-0.4, -0.2) is 22.1 Å². The Morgan fingerprint density at radius 3 is 2.70 bits per heavy atom. The highest BCUT2D eigenvalue weighted by Gasteiger charge is 2.19. The van der Waals surface area contributed by atoms with Crippen LogP contribution in [0.15, 0.2) is 71.2 Å². The highest BCUT2D eigenvalue weighted by Crippen LogP contribution is 2.23. The van der Waals surface area contributed by atoms with E-state index in [0.717, 1.165) is 40.0 Å². The Morgan fingerprint density at radius 2 is 1.88 bits per heavy atom. The van der Waals surface area contributed by atoms with Crippen molar-refractivity contribution >= 4 is 32.9 Å². The van der Waals surface area contributed by atoms with E-state index in [1.54, 1.807) is 6.07 Å². The van der Waals surface area contributed by atoms with Crippen LogP contribution in [0.2, 0.25) is 0 Å². The third-order valence-corrected chi connectivity index (χ3v) is 6.34. The van der Waals surface area contributed by atoms with Crippen LogP contribution in [0, 0.1) is 13.8 Å². The molecule has 4 aromatic rings. The maximum Gasteiger partial charge on any atom is 0.251 e. The molecule has 1 N–H and O–H groups in total. The van der Waals surface area contributed by atoms with E-state index in [2.05, 4.69) is 51.8 Å². The second-order valence-corrected chi connectivity index (χ2v) is 9.13. The number of carbonyl (C=O) groups excluding carboxylic acids is 1. The summed E-state index contributed by atoms with van der Waals surface area (Å²) in [5.74, 6) is 1.65. The number of nitrogens with one attached hydrogen (secondary N) is 1. The highest BCUT2D eigenvalue weighted by molar-refractivity contribution is 9.10. The third-order valence-electron chi connectivity index (χ3n) is 5.84. The minimum Gasteiger partial charge on any atom is -0.493 e. The number of aryl methyl sites for hydroxylation is 2. The maximum atomic E-state index is 12.8. The first-order chi connectivity index (χ1) is 15.9. The molecule has 0 aliphatic carbocycles. The molecule has 0 aliphatic rings. The number of ether oxygens (including phenoxy) is 1. The van der Waals surface area contributed by atoms with Crippen LogP contribution < -0.4 is 10.1 Å². The molecule has 1 unspecified atom stereocenters. The van der Waals surface area contributed by atoms with Gasteiger partial charge in [-0.05, 0) is 74.7 Å². The van der Waals surface area contributed by atoms with E-state index in [0.29, 0.717) is 12.2 Å². The van der Waals surface area contributed by atoms with Crippen LogP contribution in [0.4, 0.5) is 0 Å². The molecule has 1 atom stereocenters. The van der Waals surface area contributed by atoms with Crippen molar-refractivity contribution in [3.63, 3.8) is 0 Å². The average molecular weight is 506 g/mol. The first-order valence-corrected chi connectivity index (χ1v) is 11.9. The minimum absolute atomic E-state index is 0.124. The number of carbonyl (C=O) groups is 1. The zero-order valence-corrected chi connectivity index (χ0v) is 20.7. The zero-order chi connectivity index (χ0) is 23.4. The van der Waals surface area contributed by atoms with E-state index in [1.807, 2.05) is 55.5 Å². The molecule has 0 bridgehead atoms. The van der Waals surface area contributed by atoms with Gasteiger partial charge in [-0.3, -0.25) is 4.79 Å². The van der Waals surface area contributed by atoms with Gasteiger partial charge in [0.2, 0.25) is 0 Å². The number of para-hydroxylation sites is 2. The van der Waals surface area contributed by atoms with Crippen LogP contribution in [-0.2, 0) is 6.54 Å². The second kappa shape index (κ2) is 10.2. The third kappa shape index (κ3) is 5.28. The smallest absolute Gasteiger partial charge is 0.251 e. The lowest BCUT2D eigenvalue weighted by atomic mass is 10.1. The normalized spacial score (nSPS) is 12.0. The summed E-state index contributed by atoms with van der Waals surface area (Å²) < 4.78 is 9.12. The van der Waals surface area contributed by atoms with Crippen molar-refractivity contribution in [3.8, 4) is 5.75 Å². The van der Waals surface area contributed by atoms with Crippen molar-refractivity contribution in [2.75, 3.05) is 6.61 Å². The molecule has 0 fully saturated rings. The topological polar surface area (TPSA) is 56.1 Å². The van der Waals surface area contributed by atoms with Gasteiger partial charge >= 0.3 is 0 Å². The van der Waals surface area contributed by atoms with Crippen LogP contribution in [0.3, 0.4) is 0 Å². The lowest BCUT2D eigenvalue weighted by Gasteiger charge is -2.17. The molecular weight excluding hydrogens is 478 g/mol. The maximum absolute atomic E-state index is 12.8. The molecule has 0 saturated heterocycles. The summed E-state index contributed by atoms with van der Waals surface area (Å²) in [6, 6.07) is 21.3. The summed E-state index contributed by atoms with van der Waals surface area (Å²) >= 11 is 3.43. The molecule has 0 spiro atoms. The van der Waals surface area contributed by atoms with Crippen LogP contribution in [0.5, 0.6) is 5.75 Å². The number of amides is 1. The lowest BCUT2D eigenvalue weighted by molar-refractivity contribution is 0.0937. The van der Waals surface area contributed by atoms with Gasteiger partial charge in [-0.2, -0.15) is 0 Å². The van der Waals surface area contributed by atoms with Crippen molar-refractivity contribution < 1.29 is 9.53 Å². The predicted molar refractivity (Wildman–Crippen MR) is 136 cm³/mol. The summed E-state index contributed by atoms with van der Waals surface area (Å²) in [5, 5.41) is 3.10. The van der Waals surface area contributed by atoms with Gasteiger partial charge < -0.3 is 14.6 Å². The Morgan fingerprint density at radius 1 is 1.09 bits per heavy atom. The summed E-state index contributed by atoms with van der Waals surface area (Å²) in [5.41, 5.74) is 5.00. The molecule has 33 heavy (non-hydrogen) atoms. The zero-order valence-electron chi connectivity index (χ0n) is 19.1. The first-order valence-electron chi connectivity index (χ1n) is 11.1. The number of hydrogen-bond donors (Lipinski definition) is 1. The molecule has 1 aromatic heterocycles. The van der Waals surface area contributed by atoms with Gasteiger partial charge in [0, 0.05) is 16.6 Å². The van der Waals surface area contributed by atoms with Crippen molar-refractivity contribution in [1.82, 2.24) is 14.9 Å². The molecule has 1 amide bonds. The molecule has 3 aromatic carbocycles. The number of rotatable bonds is 8. The predicted octanol–water partition coefficient (Wildman–Crippen LogP) is 6.38. The van der Waals surface area contributed by atoms with Crippen LogP contribution in [0.1, 0.15) is 46.7 Å². The van der Waals surface area contributed by atoms with Crippen LogP contribution in [0.25, 0.3) is 11.0 Å². The number of imidazole rings is 1. The molecule has 0 aliphatic heterocycles. The van der Waals surface area contributed by atoms with Crippen molar-refractivity contribution in [2.45, 2.75) is 39.8 Å². The van der Waals surface area contributed by atoms with Gasteiger partial charge in [-0.1, -0.05) is 46.3 Å². The number of fused-ring (bicyclic) bond motifs is 1. The first kappa shape index (κ1) is 23.1. The second-order valence-electron chi connectivity index (χ2n) is 8.22. The fraction of sp³-hybridized carbons (Fsp3) is 0.259. The van der Waals surface area contributed by atoms with Crippen LogP contribution >= 0.6 is 15.9 Å². The molecule has 6 heteroatoms. The Labute approximate surface area is 202 Å². The fourth-order valence-electron chi connectivity index (χ4n) is 3.92. The summed E-state index contributed by atoms with van der Waals surface area (Å²) in [6.07, 6.45) is 0.826. The number of nitrogens with zero attached hydrogens (tertiary/aromatic N) is 2. The largest absolute Gasteiger partial charge is 0.493 e. The number of hydrogen-bond acceptors (Lipinski definition) is 3. The van der Waals surface area contributed by atoms with Gasteiger partial charge in [-0.15, -0.1) is 0 Å². The van der Waals surface area contributed by atoms with E-state index in [9.17, 15) is 4.79 Å². The minimum atomic E-state index is -0.246. The molecule has 1 heterocycles. The molecule has 5 nitrogen and oxygen atoms in total. The van der Waals surface area contributed by atoms with Crippen molar-refractivity contribution in [2.24, 2.45) is 0 Å². The molecule has 170 valence electrons. The van der Waals surface area contributed by atoms with Gasteiger partial charge in [0.25, 0.3) is 5.91 Å². The number of aromatic nitrogens is 2. The fourth-order valence-corrected chi connectivity index (χ4v) is 4.32. The number of benzene rings is 3. The molecule has 4 rings (SSSR count). The van der Waals surface area contributed by atoms with E-state index in [1.165, 1.54) is 11.1 Å². The Balaban J connectivity index is 1.49. The molecule has 0 saturated carbocycles. The lowest BCUT2D eigenvalue weighted by Crippen LogP contribution is -2.29. The molecule has 0 radical (unpaired) electrons. The summed E-state index contributed by atoms with van der Waals surface area (Å²) in [7, 11) is 0. The highest BCUT2D eigenvalue weighted by atomic mass is 79.9. The SMILES string of the molecule is Cc1cccc(OCCCn2c(C(C)NC(=O)c3cccc(Br)c3)nc3ccccc32)c1C. The summed E-state index contributed by atoms with van der Waals surface area (Å²) in [4.78, 5) is 17.6. The average Bonchev–Trinajstić information content (AvgIpc) is 3.18. The Bertz CT molecular complexity index is 1280. The van der Waals surface area contributed by atoms with E-state index in [-0.39, 0.29) is 11.9 Å². The monoisotopic (exact) mass is 505 g/mol. The standard InChI is InChI=1S/C27H28BrN3O2/c1-18-9-6-14-25(19(18)2)33-16-8-15-31-24-13-5-4-12-23(24)30-26(31)20(3)29-27(32)21-10-7-11-22(28)17-21/h4-7,9-14,17,20H,8,15-16H2,1-3H3,(H,29,32). The molecular formula is C27H28BrN3O2. The van der Waals surface area contributed by atoms with Gasteiger partial charge in [0.15, 0.2) is 0 Å². The Hall–Kier alpha value is -3.12.